The molecule has 0 aliphatic carbocycles. The summed E-state index contributed by atoms with van der Waals surface area (Å²) in [5.41, 5.74) is 3.54. The minimum absolute atomic E-state index is 0.0268. The van der Waals surface area contributed by atoms with Gasteiger partial charge >= 0.3 is 0 Å². The first-order valence-electron chi connectivity index (χ1n) is 7.84. The van der Waals surface area contributed by atoms with Gasteiger partial charge in [0.25, 0.3) is 5.24 Å². The van der Waals surface area contributed by atoms with Crippen LogP contribution in [0.15, 0.2) is 47.5 Å². The van der Waals surface area contributed by atoms with E-state index in [1.54, 1.807) is 19.0 Å². The van der Waals surface area contributed by atoms with Crippen LogP contribution in [-0.4, -0.2) is 28.6 Å². The number of carbonyl (C=O) groups excluding carboxylic acids is 1. The van der Waals surface area contributed by atoms with Crippen molar-refractivity contribution < 1.29 is 4.79 Å². The lowest BCUT2D eigenvalue weighted by molar-refractivity contribution is 0.241. The number of benzene rings is 2. The average molecular weight is 357 g/mol. The maximum Gasteiger partial charge on any atom is 0.285 e. The summed E-state index contributed by atoms with van der Waals surface area (Å²) < 4.78 is 5.45. The Morgan fingerprint density at radius 2 is 1.83 bits per heavy atom. The molecule has 1 heterocycles. The first-order valence-corrected chi connectivity index (χ1v) is 9.43. The molecule has 0 atom stereocenters. The fourth-order valence-electron chi connectivity index (χ4n) is 2.50. The van der Waals surface area contributed by atoms with Crippen LogP contribution in [-0.2, 0) is 0 Å². The maximum absolute atomic E-state index is 12.2. The first kappa shape index (κ1) is 17.0. The Morgan fingerprint density at radius 1 is 1.12 bits per heavy atom. The summed E-state index contributed by atoms with van der Waals surface area (Å²) in [5, 5.41) is 1.14. The smallest absolute Gasteiger partial charge is 0.285 e. The SMILES string of the molecule is CC(C)c1ccc(-c2c(SC(=O)N(C)C)ccc3cnsc23)cc1. The predicted molar refractivity (Wildman–Crippen MR) is 104 cm³/mol. The van der Waals surface area contributed by atoms with E-state index in [0.29, 0.717) is 5.92 Å². The van der Waals surface area contributed by atoms with Crippen LogP contribution in [0.5, 0.6) is 0 Å². The van der Waals surface area contributed by atoms with E-state index in [1.807, 2.05) is 18.3 Å². The zero-order valence-electron chi connectivity index (χ0n) is 14.2. The van der Waals surface area contributed by atoms with Crippen molar-refractivity contribution >= 4 is 38.6 Å². The van der Waals surface area contributed by atoms with Crippen molar-refractivity contribution in [3.05, 3.63) is 48.2 Å². The molecule has 1 amide bonds. The summed E-state index contributed by atoms with van der Waals surface area (Å²) >= 11 is 2.75. The highest BCUT2D eigenvalue weighted by molar-refractivity contribution is 8.13. The van der Waals surface area contributed by atoms with Crippen molar-refractivity contribution in [2.24, 2.45) is 0 Å². The van der Waals surface area contributed by atoms with E-state index < -0.39 is 0 Å². The fourth-order valence-corrected chi connectivity index (χ4v) is 4.21. The number of thioether (sulfide) groups is 1. The Morgan fingerprint density at radius 3 is 2.46 bits per heavy atom. The van der Waals surface area contributed by atoms with E-state index in [-0.39, 0.29) is 5.24 Å². The second-order valence-electron chi connectivity index (χ2n) is 6.22. The van der Waals surface area contributed by atoms with Gasteiger partial charge in [0.05, 0.1) is 4.70 Å². The van der Waals surface area contributed by atoms with Crippen molar-refractivity contribution in [3.63, 3.8) is 0 Å². The number of fused-ring (bicyclic) bond motifs is 1. The van der Waals surface area contributed by atoms with Crippen molar-refractivity contribution in [2.75, 3.05) is 14.1 Å². The van der Waals surface area contributed by atoms with Gasteiger partial charge in [-0.2, -0.15) is 4.37 Å². The molecule has 3 nitrogen and oxygen atoms in total. The first-order chi connectivity index (χ1) is 11.5. The second kappa shape index (κ2) is 6.95. The minimum atomic E-state index is 0.0268. The third-order valence-corrected chi connectivity index (χ3v) is 5.85. The van der Waals surface area contributed by atoms with Gasteiger partial charge in [0, 0.05) is 36.1 Å². The van der Waals surface area contributed by atoms with Crippen molar-refractivity contribution in [3.8, 4) is 11.1 Å². The topological polar surface area (TPSA) is 33.2 Å². The molecule has 0 aliphatic rings. The van der Waals surface area contributed by atoms with Crippen LogP contribution in [0, 0.1) is 0 Å². The van der Waals surface area contributed by atoms with Crippen molar-refractivity contribution in [1.29, 1.82) is 0 Å². The van der Waals surface area contributed by atoms with Crippen LogP contribution in [0.1, 0.15) is 25.3 Å². The number of rotatable bonds is 3. The molecule has 0 spiro atoms. The lowest BCUT2D eigenvalue weighted by atomic mass is 9.98. The zero-order chi connectivity index (χ0) is 17.3. The van der Waals surface area contributed by atoms with Gasteiger partial charge in [-0.3, -0.25) is 4.79 Å². The molecule has 1 aromatic heterocycles. The molecule has 0 bridgehead atoms. The highest BCUT2D eigenvalue weighted by Crippen LogP contribution is 2.40. The fraction of sp³-hybridized carbons (Fsp3) is 0.263. The van der Waals surface area contributed by atoms with Gasteiger partial charge in [-0.25, -0.2) is 0 Å². The van der Waals surface area contributed by atoms with E-state index in [0.717, 1.165) is 26.1 Å². The molecule has 5 heteroatoms. The highest BCUT2D eigenvalue weighted by atomic mass is 32.2. The molecule has 0 saturated heterocycles. The zero-order valence-corrected chi connectivity index (χ0v) is 15.9. The summed E-state index contributed by atoms with van der Waals surface area (Å²) in [5.74, 6) is 0.502. The number of hydrogen-bond acceptors (Lipinski definition) is 4. The third-order valence-electron chi connectivity index (χ3n) is 3.91. The summed E-state index contributed by atoms with van der Waals surface area (Å²) in [6.07, 6.45) is 1.88. The Hall–Kier alpha value is -1.85. The Kier molecular flexibility index (Phi) is 4.92. The van der Waals surface area contributed by atoms with Gasteiger partial charge in [0.1, 0.15) is 0 Å². The monoisotopic (exact) mass is 356 g/mol. The summed E-state index contributed by atoms with van der Waals surface area (Å²) in [6, 6.07) is 12.7. The molecule has 24 heavy (non-hydrogen) atoms. The van der Waals surface area contributed by atoms with Crippen LogP contribution in [0.2, 0.25) is 0 Å². The van der Waals surface area contributed by atoms with Gasteiger partial charge in [-0.15, -0.1) is 0 Å². The quantitative estimate of drug-likeness (QED) is 0.551. The normalized spacial score (nSPS) is 11.2. The molecule has 124 valence electrons. The van der Waals surface area contributed by atoms with Crippen molar-refractivity contribution in [1.82, 2.24) is 9.27 Å². The van der Waals surface area contributed by atoms with Crippen LogP contribution in [0.3, 0.4) is 0 Å². The third kappa shape index (κ3) is 3.32. The maximum atomic E-state index is 12.2. The average Bonchev–Trinajstić information content (AvgIpc) is 3.03. The summed E-state index contributed by atoms with van der Waals surface area (Å²) in [4.78, 5) is 14.8. The van der Waals surface area contributed by atoms with Crippen LogP contribution >= 0.6 is 23.3 Å². The van der Waals surface area contributed by atoms with Gasteiger partial charge in [-0.05, 0) is 46.4 Å². The second-order valence-corrected chi connectivity index (χ2v) is 8.02. The van der Waals surface area contributed by atoms with Crippen LogP contribution in [0.25, 0.3) is 21.2 Å². The molecule has 0 radical (unpaired) electrons. The Balaban J connectivity index is 2.12. The Bertz CT molecular complexity index is 867. The lowest BCUT2D eigenvalue weighted by Crippen LogP contribution is -2.16. The molecule has 3 aromatic rings. The van der Waals surface area contributed by atoms with Crippen LogP contribution < -0.4 is 0 Å². The molecule has 0 aliphatic heterocycles. The largest absolute Gasteiger partial charge is 0.339 e. The Labute approximate surface area is 150 Å². The minimum Gasteiger partial charge on any atom is -0.339 e. The van der Waals surface area contributed by atoms with Gasteiger partial charge in [-0.1, -0.05) is 44.2 Å². The van der Waals surface area contributed by atoms with Gasteiger partial charge in [0.2, 0.25) is 0 Å². The molecule has 0 fully saturated rings. The lowest BCUT2D eigenvalue weighted by Gasteiger charge is -2.14. The molecule has 0 saturated carbocycles. The van der Waals surface area contributed by atoms with Gasteiger partial charge < -0.3 is 4.90 Å². The van der Waals surface area contributed by atoms with E-state index >= 15 is 0 Å². The highest BCUT2D eigenvalue weighted by Gasteiger charge is 2.16. The van der Waals surface area contributed by atoms with E-state index in [9.17, 15) is 4.79 Å². The van der Waals surface area contributed by atoms with Crippen LogP contribution in [0.4, 0.5) is 4.79 Å². The van der Waals surface area contributed by atoms with E-state index in [4.69, 9.17) is 0 Å². The summed E-state index contributed by atoms with van der Waals surface area (Å²) in [6.45, 7) is 4.38. The standard InChI is InChI=1S/C19H20N2OS2/c1-12(2)13-5-7-14(8-6-13)17-16(23-19(22)21(3)4)10-9-15-11-20-24-18(15)17/h5-12H,1-4H3. The predicted octanol–water partition coefficient (Wildman–Crippen LogP) is 5.86. The molecular weight excluding hydrogens is 336 g/mol. The number of hydrogen-bond donors (Lipinski definition) is 0. The van der Waals surface area contributed by atoms with E-state index in [1.165, 1.54) is 28.9 Å². The molecular formula is C19H20N2OS2. The van der Waals surface area contributed by atoms with Crippen molar-refractivity contribution in [2.45, 2.75) is 24.7 Å². The molecule has 3 rings (SSSR count). The molecule has 2 aromatic carbocycles. The molecule has 0 unspecified atom stereocenters. The molecule has 0 N–H and O–H groups in total. The van der Waals surface area contributed by atoms with Gasteiger partial charge in [0.15, 0.2) is 0 Å². The number of nitrogens with zero attached hydrogens (tertiary/aromatic N) is 2. The van der Waals surface area contributed by atoms with E-state index in [2.05, 4.69) is 42.5 Å². The summed E-state index contributed by atoms with van der Waals surface area (Å²) in [7, 11) is 3.55. The number of carbonyl (C=O) groups is 1. The number of aromatic nitrogens is 1. The number of amides is 1.